The number of carbonyl (C=O) groups is 1. The average molecular weight is 236 g/mol. The van der Waals surface area contributed by atoms with E-state index in [9.17, 15) is 13.2 Å². The molecule has 90 valence electrons. The predicted molar refractivity (Wildman–Crippen MR) is 59.6 cm³/mol. The van der Waals surface area contributed by atoms with Crippen molar-refractivity contribution in [2.45, 2.75) is 51.2 Å². The third-order valence-corrected chi connectivity index (χ3v) is 4.61. The third kappa shape index (κ3) is 6.49. The van der Waals surface area contributed by atoms with Gasteiger partial charge in [-0.05, 0) is 13.3 Å². The molecule has 0 aliphatic rings. The molecule has 1 atom stereocenters. The van der Waals surface area contributed by atoms with E-state index in [1.165, 1.54) is 6.92 Å². The Morgan fingerprint density at radius 2 is 1.87 bits per heavy atom. The molecule has 5 heteroatoms. The van der Waals surface area contributed by atoms with E-state index in [4.69, 9.17) is 5.11 Å². The Labute approximate surface area is 91.6 Å². The molecule has 0 aromatic carbocycles. The van der Waals surface area contributed by atoms with Crippen molar-refractivity contribution >= 4 is 15.8 Å². The fraction of sp³-hybridized carbons (Fsp3) is 0.900. The second-order valence-corrected chi connectivity index (χ2v) is 6.37. The van der Waals surface area contributed by atoms with Gasteiger partial charge in [-0.25, -0.2) is 8.42 Å². The molecule has 0 saturated heterocycles. The Kier molecular flexibility index (Phi) is 6.56. The highest BCUT2D eigenvalue weighted by atomic mass is 32.2. The fourth-order valence-electron chi connectivity index (χ4n) is 1.30. The van der Waals surface area contributed by atoms with Crippen molar-refractivity contribution in [2.24, 2.45) is 0 Å². The largest absolute Gasteiger partial charge is 0.481 e. The Morgan fingerprint density at radius 1 is 1.27 bits per heavy atom. The second kappa shape index (κ2) is 6.82. The number of rotatable bonds is 8. The normalized spacial score (nSPS) is 13.7. The van der Waals surface area contributed by atoms with Crippen LogP contribution in [0.4, 0.5) is 0 Å². The highest BCUT2D eigenvalue weighted by Gasteiger charge is 2.22. The molecule has 0 radical (unpaired) electrons. The minimum Gasteiger partial charge on any atom is -0.481 e. The lowest BCUT2D eigenvalue weighted by atomic mass is 10.2. The summed E-state index contributed by atoms with van der Waals surface area (Å²) in [5.41, 5.74) is 0. The van der Waals surface area contributed by atoms with E-state index < -0.39 is 21.1 Å². The molecular formula is C10H20O4S. The van der Waals surface area contributed by atoms with Gasteiger partial charge in [-0.2, -0.15) is 0 Å². The lowest BCUT2D eigenvalue weighted by Crippen LogP contribution is -2.23. The van der Waals surface area contributed by atoms with Crippen LogP contribution in [0.25, 0.3) is 0 Å². The first-order valence-electron chi connectivity index (χ1n) is 5.33. The molecule has 0 aliphatic carbocycles. The maximum Gasteiger partial charge on any atom is 0.304 e. The highest BCUT2D eigenvalue weighted by molar-refractivity contribution is 7.92. The summed E-state index contributed by atoms with van der Waals surface area (Å²) in [5, 5.41) is 7.73. The molecule has 0 aliphatic heterocycles. The van der Waals surface area contributed by atoms with Crippen molar-refractivity contribution < 1.29 is 18.3 Å². The first-order valence-corrected chi connectivity index (χ1v) is 7.05. The van der Waals surface area contributed by atoms with Gasteiger partial charge in [0, 0.05) is 0 Å². The average Bonchev–Trinajstić information content (AvgIpc) is 2.11. The molecule has 0 rings (SSSR count). The molecule has 15 heavy (non-hydrogen) atoms. The summed E-state index contributed by atoms with van der Waals surface area (Å²) in [7, 11) is -3.22. The smallest absolute Gasteiger partial charge is 0.304 e. The van der Waals surface area contributed by atoms with Crippen LogP contribution in [-0.2, 0) is 14.6 Å². The number of carboxylic acid groups (broad SMARTS) is 1. The van der Waals surface area contributed by atoms with Crippen LogP contribution in [0.3, 0.4) is 0 Å². The summed E-state index contributed by atoms with van der Waals surface area (Å²) in [6.07, 6.45) is 3.33. The number of carboxylic acids is 1. The van der Waals surface area contributed by atoms with Crippen molar-refractivity contribution in [1.82, 2.24) is 0 Å². The van der Waals surface area contributed by atoms with Gasteiger partial charge < -0.3 is 5.11 Å². The van der Waals surface area contributed by atoms with Gasteiger partial charge in [0.2, 0.25) is 0 Å². The summed E-state index contributed by atoms with van der Waals surface area (Å²) < 4.78 is 23.1. The first-order chi connectivity index (χ1) is 6.90. The summed E-state index contributed by atoms with van der Waals surface area (Å²) in [4.78, 5) is 10.4. The molecule has 0 amide bonds. The minimum atomic E-state index is -3.22. The molecule has 0 saturated carbocycles. The predicted octanol–water partition coefficient (Wildman–Crippen LogP) is 1.84. The van der Waals surface area contributed by atoms with E-state index in [1.54, 1.807) is 0 Å². The van der Waals surface area contributed by atoms with Crippen LogP contribution in [0.1, 0.15) is 46.0 Å². The Bertz CT molecular complexity index is 282. The minimum absolute atomic E-state index is 0.113. The molecule has 4 nitrogen and oxygen atoms in total. The molecule has 0 aromatic heterocycles. The second-order valence-electron chi connectivity index (χ2n) is 3.84. The van der Waals surface area contributed by atoms with Crippen molar-refractivity contribution in [3.63, 3.8) is 0 Å². The zero-order valence-electron chi connectivity index (χ0n) is 9.40. The summed E-state index contributed by atoms with van der Waals surface area (Å²) in [6, 6.07) is 0. The van der Waals surface area contributed by atoms with Crippen LogP contribution in [0.15, 0.2) is 0 Å². The van der Waals surface area contributed by atoms with Crippen molar-refractivity contribution in [3.05, 3.63) is 0 Å². The van der Waals surface area contributed by atoms with E-state index in [-0.39, 0.29) is 12.2 Å². The van der Waals surface area contributed by atoms with Crippen LogP contribution < -0.4 is 0 Å². The van der Waals surface area contributed by atoms with Gasteiger partial charge in [-0.15, -0.1) is 0 Å². The Morgan fingerprint density at radius 3 is 2.33 bits per heavy atom. The zero-order chi connectivity index (χ0) is 11.9. The van der Waals surface area contributed by atoms with Gasteiger partial charge >= 0.3 is 5.97 Å². The van der Waals surface area contributed by atoms with Gasteiger partial charge in [0.15, 0.2) is 9.84 Å². The number of hydrogen-bond donors (Lipinski definition) is 1. The summed E-state index contributed by atoms with van der Waals surface area (Å²) in [5.74, 6) is -0.943. The molecule has 1 N–H and O–H groups in total. The number of hydrogen-bond acceptors (Lipinski definition) is 3. The van der Waals surface area contributed by atoms with Gasteiger partial charge in [0.05, 0.1) is 17.4 Å². The lowest BCUT2D eigenvalue weighted by molar-refractivity contribution is -0.136. The highest BCUT2D eigenvalue weighted by Crippen LogP contribution is 2.10. The lowest BCUT2D eigenvalue weighted by Gasteiger charge is -2.10. The van der Waals surface area contributed by atoms with Crippen molar-refractivity contribution in [1.29, 1.82) is 0 Å². The SMILES string of the molecule is CCCCCCS(=O)(=O)C(C)CC(=O)O. The number of unbranched alkanes of at least 4 members (excludes halogenated alkanes) is 3. The van der Waals surface area contributed by atoms with E-state index in [0.29, 0.717) is 6.42 Å². The number of sulfone groups is 1. The quantitative estimate of drug-likeness (QED) is 0.653. The Balaban J connectivity index is 4.00. The monoisotopic (exact) mass is 236 g/mol. The third-order valence-electron chi connectivity index (χ3n) is 2.36. The van der Waals surface area contributed by atoms with Crippen LogP contribution >= 0.6 is 0 Å². The van der Waals surface area contributed by atoms with Crippen LogP contribution in [0, 0.1) is 0 Å². The van der Waals surface area contributed by atoms with Crippen LogP contribution in [-0.4, -0.2) is 30.5 Å². The van der Waals surface area contributed by atoms with Crippen LogP contribution in [0.2, 0.25) is 0 Å². The van der Waals surface area contributed by atoms with E-state index in [0.717, 1.165) is 19.3 Å². The molecule has 0 bridgehead atoms. The molecule has 1 unspecified atom stereocenters. The summed E-state index contributed by atoms with van der Waals surface area (Å²) in [6.45, 7) is 3.52. The van der Waals surface area contributed by atoms with Gasteiger partial charge in [-0.1, -0.05) is 26.2 Å². The van der Waals surface area contributed by atoms with Crippen LogP contribution in [0.5, 0.6) is 0 Å². The maximum atomic E-state index is 11.6. The maximum absolute atomic E-state index is 11.6. The van der Waals surface area contributed by atoms with Gasteiger partial charge in [-0.3, -0.25) is 4.79 Å². The van der Waals surface area contributed by atoms with Crippen molar-refractivity contribution in [3.8, 4) is 0 Å². The molecular weight excluding hydrogens is 216 g/mol. The van der Waals surface area contributed by atoms with Gasteiger partial charge in [0.25, 0.3) is 0 Å². The number of aliphatic carboxylic acids is 1. The fourth-order valence-corrected chi connectivity index (χ4v) is 2.71. The first kappa shape index (κ1) is 14.4. The topological polar surface area (TPSA) is 71.4 Å². The van der Waals surface area contributed by atoms with Gasteiger partial charge in [0.1, 0.15) is 0 Å². The van der Waals surface area contributed by atoms with Crippen molar-refractivity contribution in [2.75, 3.05) is 5.75 Å². The Hall–Kier alpha value is -0.580. The molecule has 0 fully saturated rings. The molecule has 0 spiro atoms. The van der Waals surface area contributed by atoms with E-state index in [1.807, 2.05) is 0 Å². The zero-order valence-corrected chi connectivity index (χ0v) is 10.2. The standard InChI is InChI=1S/C10H20O4S/c1-3-4-5-6-7-15(13,14)9(2)8-10(11)12/h9H,3-8H2,1-2H3,(H,11,12). The van der Waals surface area contributed by atoms with E-state index in [2.05, 4.69) is 6.92 Å². The molecule has 0 aromatic rings. The summed E-state index contributed by atoms with van der Waals surface area (Å²) >= 11 is 0. The molecule has 0 heterocycles. The van der Waals surface area contributed by atoms with E-state index >= 15 is 0 Å².